The van der Waals surface area contributed by atoms with Gasteiger partial charge in [0.15, 0.2) is 0 Å². The molecular formula is C13H18Cl2FN. The number of halogens is 3. The lowest BCUT2D eigenvalue weighted by Gasteiger charge is -2.34. The maximum absolute atomic E-state index is 13.5. The highest BCUT2D eigenvalue weighted by atomic mass is 35.5. The maximum Gasteiger partial charge on any atom is 0.142 e. The van der Waals surface area contributed by atoms with E-state index >= 15 is 0 Å². The Morgan fingerprint density at radius 2 is 1.76 bits per heavy atom. The minimum Gasteiger partial charge on any atom is -0.321 e. The quantitative estimate of drug-likeness (QED) is 0.791. The highest BCUT2D eigenvalue weighted by Gasteiger charge is 2.32. The van der Waals surface area contributed by atoms with Crippen molar-refractivity contribution in [2.45, 2.75) is 39.2 Å². The van der Waals surface area contributed by atoms with Crippen LogP contribution in [0.2, 0.25) is 10.0 Å². The molecule has 0 aliphatic heterocycles. The largest absolute Gasteiger partial charge is 0.321 e. The van der Waals surface area contributed by atoms with Crippen molar-refractivity contribution >= 4 is 23.2 Å². The molecule has 1 atom stereocenters. The van der Waals surface area contributed by atoms with Gasteiger partial charge in [0.05, 0.1) is 5.02 Å². The van der Waals surface area contributed by atoms with E-state index in [1.807, 2.05) is 6.92 Å². The first-order valence-electron chi connectivity index (χ1n) is 5.78. The lowest BCUT2D eigenvalue weighted by atomic mass is 9.77. The van der Waals surface area contributed by atoms with Crippen molar-refractivity contribution in [3.8, 4) is 0 Å². The van der Waals surface area contributed by atoms with Gasteiger partial charge in [0.1, 0.15) is 5.82 Å². The van der Waals surface area contributed by atoms with Crippen molar-refractivity contribution in [3.05, 3.63) is 33.6 Å². The van der Waals surface area contributed by atoms with Crippen LogP contribution in [-0.2, 0) is 5.54 Å². The lowest BCUT2D eigenvalue weighted by Crippen LogP contribution is -2.41. The highest BCUT2D eigenvalue weighted by molar-refractivity contribution is 6.35. The third-order valence-corrected chi connectivity index (χ3v) is 4.03. The van der Waals surface area contributed by atoms with E-state index in [-0.39, 0.29) is 10.9 Å². The average molecular weight is 278 g/mol. The summed E-state index contributed by atoms with van der Waals surface area (Å²) < 4.78 is 13.5. The van der Waals surface area contributed by atoms with Crippen molar-refractivity contribution in [1.82, 2.24) is 0 Å². The molecule has 0 bridgehead atoms. The SMILES string of the molecule is CCC(CC)C(C)(N)c1cc(F)c(Cl)cc1Cl. The summed E-state index contributed by atoms with van der Waals surface area (Å²) >= 11 is 11.8. The molecule has 2 N–H and O–H groups in total. The van der Waals surface area contributed by atoms with Gasteiger partial charge < -0.3 is 5.73 Å². The summed E-state index contributed by atoms with van der Waals surface area (Å²) in [4.78, 5) is 0. The molecule has 0 fully saturated rings. The maximum atomic E-state index is 13.5. The van der Waals surface area contributed by atoms with Gasteiger partial charge in [-0.1, -0.05) is 49.9 Å². The van der Waals surface area contributed by atoms with E-state index in [1.54, 1.807) is 0 Å². The average Bonchev–Trinajstić information content (AvgIpc) is 2.24. The van der Waals surface area contributed by atoms with E-state index in [4.69, 9.17) is 28.9 Å². The molecule has 96 valence electrons. The van der Waals surface area contributed by atoms with Gasteiger partial charge in [-0.2, -0.15) is 0 Å². The van der Waals surface area contributed by atoms with Gasteiger partial charge in [0.2, 0.25) is 0 Å². The van der Waals surface area contributed by atoms with Crippen LogP contribution in [0.15, 0.2) is 12.1 Å². The molecule has 0 amide bonds. The molecule has 0 aliphatic carbocycles. The summed E-state index contributed by atoms with van der Waals surface area (Å²) in [6, 6.07) is 2.77. The predicted octanol–water partition coefficient (Wildman–Crippen LogP) is 4.74. The fourth-order valence-electron chi connectivity index (χ4n) is 2.29. The minimum absolute atomic E-state index is 0.0269. The van der Waals surface area contributed by atoms with Crippen molar-refractivity contribution in [2.24, 2.45) is 11.7 Å². The molecule has 0 saturated carbocycles. The van der Waals surface area contributed by atoms with Crippen LogP contribution in [0.25, 0.3) is 0 Å². The molecule has 0 aliphatic rings. The predicted molar refractivity (Wildman–Crippen MR) is 72.0 cm³/mol. The molecule has 1 nitrogen and oxygen atoms in total. The summed E-state index contributed by atoms with van der Waals surface area (Å²) in [5, 5.41) is 0.451. The summed E-state index contributed by atoms with van der Waals surface area (Å²) in [6.45, 7) is 6.03. The second-order valence-electron chi connectivity index (χ2n) is 4.54. The Hall–Kier alpha value is -0.310. The molecule has 0 spiro atoms. The van der Waals surface area contributed by atoms with E-state index < -0.39 is 11.4 Å². The van der Waals surface area contributed by atoms with Gasteiger partial charge in [-0.15, -0.1) is 0 Å². The zero-order valence-electron chi connectivity index (χ0n) is 10.4. The summed E-state index contributed by atoms with van der Waals surface area (Å²) in [7, 11) is 0. The first-order valence-corrected chi connectivity index (χ1v) is 6.54. The Balaban J connectivity index is 3.27. The third-order valence-electron chi connectivity index (χ3n) is 3.42. The first-order chi connectivity index (χ1) is 7.84. The van der Waals surface area contributed by atoms with Crippen LogP contribution in [-0.4, -0.2) is 0 Å². The fraction of sp³-hybridized carbons (Fsp3) is 0.538. The number of nitrogens with two attached hydrogens (primary N) is 1. The summed E-state index contributed by atoms with van der Waals surface area (Å²) in [5.74, 6) is -0.228. The zero-order valence-corrected chi connectivity index (χ0v) is 11.9. The van der Waals surface area contributed by atoms with Gasteiger partial charge in [-0.05, 0) is 30.5 Å². The Kier molecular flexibility index (Phi) is 4.82. The molecule has 0 aromatic heterocycles. The van der Waals surface area contributed by atoms with Crippen molar-refractivity contribution in [3.63, 3.8) is 0 Å². The van der Waals surface area contributed by atoms with Crippen molar-refractivity contribution in [1.29, 1.82) is 0 Å². The molecule has 4 heteroatoms. The Morgan fingerprint density at radius 1 is 1.24 bits per heavy atom. The van der Waals surface area contributed by atoms with Gasteiger partial charge in [0, 0.05) is 10.6 Å². The fourth-order valence-corrected chi connectivity index (χ4v) is 2.88. The molecule has 1 aromatic carbocycles. The number of rotatable bonds is 4. The molecular weight excluding hydrogens is 260 g/mol. The van der Waals surface area contributed by atoms with Crippen LogP contribution >= 0.6 is 23.2 Å². The summed E-state index contributed by atoms with van der Waals surface area (Å²) in [5.41, 5.74) is 6.30. The van der Waals surface area contributed by atoms with E-state index in [1.165, 1.54) is 12.1 Å². The van der Waals surface area contributed by atoms with Gasteiger partial charge in [-0.3, -0.25) is 0 Å². The smallest absolute Gasteiger partial charge is 0.142 e. The molecule has 0 heterocycles. The Morgan fingerprint density at radius 3 is 2.24 bits per heavy atom. The number of hydrogen-bond donors (Lipinski definition) is 1. The minimum atomic E-state index is -0.647. The van der Waals surface area contributed by atoms with Crippen LogP contribution in [0.4, 0.5) is 4.39 Å². The summed E-state index contributed by atoms with van der Waals surface area (Å²) in [6.07, 6.45) is 1.84. The first kappa shape index (κ1) is 14.7. The van der Waals surface area contributed by atoms with E-state index in [9.17, 15) is 4.39 Å². The van der Waals surface area contributed by atoms with Crippen molar-refractivity contribution in [2.75, 3.05) is 0 Å². The van der Waals surface area contributed by atoms with Gasteiger partial charge in [0.25, 0.3) is 0 Å². The third kappa shape index (κ3) is 2.93. The van der Waals surface area contributed by atoms with E-state index in [0.29, 0.717) is 10.6 Å². The second kappa shape index (κ2) is 5.55. The van der Waals surface area contributed by atoms with Crippen LogP contribution in [0, 0.1) is 11.7 Å². The molecule has 0 saturated heterocycles. The second-order valence-corrected chi connectivity index (χ2v) is 5.36. The van der Waals surface area contributed by atoms with Crippen LogP contribution in [0.1, 0.15) is 39.2 Å². The van der Waals surface area contributed by atoms with Gasteiger partial charge in [-0.25, -0.2) is 4.39 Å². The lowest BCUT2D eigenvalue weighted by molar-refractivity contribution is 0.282. The molecule has 1 rings (SSSR count). The standard InChI is InChI=1S/C13H18Cl2FN/c1-4-8(5-2)13(3,17)9-6-12(16)11(15)7-10(9)14/h6-8H,4-5,17H2,1-3H3. The van der Waals surface area contributed by atoms with Crippen molar-refractivity contribution < 1.29 is 4.39 Å². The normalized spacial score (nSPS) is 15.1. The van der Waals surface area contributed by atoms with Crippen LogP contribution < -0.4 is 5.73 Å². The monoisotopic (exact) mass is 277 g/mol. The molecule has 1 aromatic rings. The van der Waals surface area contributed by atoms with Gasteiger partial charge >= 0.3 is 0 Å². The number of hydrogen-bond acceptors (Lipinski definition) is 1. The van der Waals surface area contributed by atoms with E-state index in [0.717, 1.165) is 12.8 Å². The topological polar surface area (TPSA) is 26.0 Å². The number of benzene rings is 1. The zero-order chi connectivity index (χ0) is 13.2. The molecule has 17 heavy (non-hydrogen) atoms. The van der Waals surface area contributed by atoms with Crippen LogP contribution in [0.3, 0.4) is 0 Å². The highest BCUT2D eigenvalue weighted by Crippen LogP contribution is 2.37. The van der Waals surface area contributed by atoms with Crippen LogP contribution in [0.5, 0.6) is 0 Å². The van der Waals surface area contributed by atoms with E-state index in [2.05, 4.69) is 13.8 Å². The molecule has 1 unspecified atom stereocenters. The Bertz CT molecular complexity index is 401. The Labute approximate surface area is 112 Å². The molecule has 0 radical (unpaired) electrons.